The van der Waals surface area contributed by atoms with Gasteiger partial charge < -0.3 is 14.0 Å². The molecule has 0 N–H and O–H groups in total. The lowest BCUT2D eigenvalue weighted by Gasteiger charge is -2.13. The van der Waals surface area contributed by atoms with E-state index in [0.29, 0.717) is 6.42 Å². The molecule has 2 atom stereocenters. The van der Waals surface area contributed by atoms with Crippen LogP contribution in [0.25, 0.3) is 0 Å². The van der Waals surface area contributed by atoms with Crippen molar-refractivity contribution in [2.75, 3.05) is 13.7 Å². The van der Waals surface area contributed by atoms with Gasteiger partial charge in [-0.2, -0.15) is 0 Å². The maximum Gasteiger partial charge on any atom is 0.357 e. The first kappa shape index (κ1) is 14.1. The van der Waals surface area contributed by atoms with Crippen LogP contribution in [-0.2, 0) is 28.2 Å². The third kappa shape index (κ3) is 5.54. The molecule has 0 aliphatic rings. The molecule has 0 amide bonds. The number of hydrogen-bond acceptors (Lipinski definition) is 6. The van der Waals surface area contributed by atoms with Crippen molar-refractivity contribution in [1.82, 2.24) is 0 Å². The van der Waals surface area contributed by atoms with Crippen LogP contribution >= 0.6 is 8.03 Å². The van der Waals surface area contributed by atoms with E-state index < -0.39 is 25.8 Å². The fourth-order valence-corrected chi connectivity index (χ4v) is 1.87. The minimum Gasteiger partial charge on any atom is -0.466 e. The summed E-state index contributed by atoms with van der Waals surface area (Å²) in [4.78, 5) is 21.7. The lowest BCUT2D eigenvalue weighted by molar-refractivity contribution is -0.159. The van der Waals surface area contributed by atoms with Crippen molar-refractivity contribution in [2.45, 2.75) is 26.1 Å². The van der Waals surface area contributed by atoms with E-state index in [1.54, 1.807) is 0 Å². The number of ether oxygens (including phenoxy) is 2. The van der Waals surface area contributed by atoms with E-state index in [2.05, 4.69) is 9.47 Å². The second-order valence-electron chi connectivity index (χ2n) is 2.68. The van der Waals surface area contributed by atoms with Crippen molar-refractivity contribution in [3.05, 3.63) is 0 Å². The summed E-state index contributed by atoms with van der Waals surface area (Å²) < 4.78 is 25.2. The number of carbonyl (C=O) groups is 2. The first-order chi connectivity index (χ1) is 7.02. The highest BCUT2D eigenvalue weighted by Crippen LogP contribution is 2.31. The van der Waals surface area contributed by atoms with Gasteiger partial charge in [-0.25, -0.2) is 4.79 Å². The van der Waals surface area contributed by atoms with Gasteiger partial charge in [0.05, 0.1) is 13.7 Å². The standard InChI is InChI=1S/C8H15O6P/c1-4-5-13-15(11)8(7(10)12-3)14-6(2)9/h8,15H,4-5H2,1-3H3. The van der Waals surface area contributed by atoms with Crippen LogP contribution in [0.2, 0.25) is 0 Å². The maximum absolute atomic E-state index is 11.4. The highest BCUT2D eigenvalue weighted by atomic mass is 31.1. The highest BCUT2D eigenvalue weighted by Gasteiger charge is 2.29. The molecule has 0 bridgehead atoms. The Morgan fingerprint density at radius 2 is 2.00 bits per heavy atom. The molecule has 0 aromatic heterocycles. The van der Waals surface area contributed by atoms with Crippen LogP contribution in [0.5, 0.6) is 0 Å². The zero-order chi connectivity index (χ0) is 11.8. The molecule has 88 valence electrons. The molecule has 0 heterocycles. The molecule has 0 saturated carbocycles. The molecule has 0 aliphatic carbocycles. The summed E-state index contributed by atoms with van der Waals surface area (Å²) in [5.74, 6) is -3.02. The van der Waals surface area contributed by atoms with Gasteiger partial charge in [-0.15, -0.1) is 0 Å². The van der Waals surface area contributed by atoms with Gasteiger partial charge in [-0.1, -0.05) is 6.92 Å². The van der Waals surface area contributed by atoms with Crippen molar-refractivity contribution in [1.29, 1.82) is 0 Å². The summed E-state index contributed by atoms with van der Waals surface area (Å²) in [5.41, 5.74) is 0. The number of rotatable bonds is 6. The fraction of sp³-hybridized carbons (Fsp3) is 0.750. The van der Waals surface area contributed by atoms with Crippen LogP contribution in [0.1, 0.15) is 20.3 Å². The second kappa shape index (κ2) is 7.43. The Morgan fingerprint density at radius 3 is 2.40 bits per heavy atom. The molecule has 2 unspecified atom stereocenters. The van der Waals surface area contributed by atoms with Crippen LogP contribution < -0.4 is 0 Å². The van der Waals surface area contributed by atoms with Crippen molar-refractivity contribution in [3.63, 3.8) is 0 Å². The topological polar surface area (TPSA) is 78.9 Å². The molecule has 0 aliphatic heterocycles. The van der Waals surface area contributed by atoms with Gasteiger partial charge in [0.25, 0.3) is 5.85 Å². The van der Waals surface area contributed by atoms with Crippen molar-refractivity contribution < 1.29 is 28.2 Å². The maximum atomic E-state index is 11.4. The van der Waals surface area contributed by atoms with Crippen molar-refractivity contribution >= 4 is 20.0 Å². The summed E-state index contributed by atoms with van der Waals surface area (Å²) in [6, 6.07) is 0. The molecule has 0 radical (unpaired) electrons. The van der Waals surface area contributed by atoms with Crippen LogP contribution in [0.3, 0.4) is 0 Å². The Morgan fingerprint density at radius 1 is 1.40 bits per heavy atom. The fourth-order valence-electron chi connectivity index (χ4n) is 0.744. The molecule has 0 rings (SSSR count). The van der Waals surface area contributed by atoms with Crippen LogP contribution in [0, 0.1) is 0 Å². The molecule has 0 aromatic carbocycles. The summed E-state index contributed by atoms with van der Waals surface area (Å²) >= 11 is 0. The van der Waals surface area contributed by atoms with Crippen molar-refractivity contribution in [2.24, 2.45) is 0 Å². The molecule has 6 nitrogen and oxygen atoms in total. The molecule has 0 aromatic rings. The molecular formula is C8H15O6P. The van der Waals surface area contributed by atoms with Gasteiger partial charge >= 0.3 is 11.9 Å². The third-order valence-corrected chi connectivity index (χ3v) is 2.63. The molecule has 0 spiro atoms. The Labute approximate surface area is 88.7 Å². The quantitative estimate of drug-likeness (QED) is 0.506. The largest absolute Gasteiger partial charge is 0.466 e. The van der Waals surface area contributed by atoms with E-state index in [-0.39, 0.29) is 6.61 Å². The van der Waals surface area contributed by atoms with E-state index in [1.807, 2.05) is 6.92 Å². The van der Waals surface area contributed by atoms with E-state index in [0.717, 1.165) is 14.0 Å². The number of hydrogen-bond donors (Lipinski definition) is 0. The molecule has 7 heteroatoms. The number of methoxy groups -OCH3 is 1. The average Bonchev–Trinajstić information content (AvgIpc) is 2.21. The Hall–Kier alpha value is -0.870. The molecule has 15 heavy (non-hydrogen) atoms. The Kier molecular flexibility index (Phi) is 6.99. The first-order valence-electron chi connectivity index (χ1n) is 4.44. The van der Waals surface area contributed by atoms with Crippen LogP contribution in [0.4, 0.5) is 0 Å². The van der Waals surface area contributed by atoms with E-state index in [1.165, 1.54) is 0 Å². The monoisotopic (exact) mass is 238 g/mol. The first-order valence-corrected chi connectivity index (χ1v) is 5.84. The second-order valence-corrected chi connectivity index (χ2v) is 4.13. The van der Waals surface area contributed by atoms with E-state index >= 15 is 0 Å². The SMILES string of the molecule is CCCO[PH](=O)C(OC(C)=O)C(=O)OC. The molecular weight excluding hydrogens is 223 g/mol. The van der Waals surface area contributed by atoms with Crippen LogP contribution in [-0.4, -0.2) is 31.5 Å². The smallest absolute Gasteiger partial charge is 0.357 e. The zero-order valence-corrected chi connectivity index (χ0v) is 9.94. The van der Waals surface area contributed by atoms with E-state index in [4.69, 9.17) is 4.52 Å². The van der Waals surface area contributed by atoms with Gasteiger partial charge in [-0.05, 0) is 6.42 Å². The predicted molar refractivity (Wildman–Crippen MR) is 52.8 cm³/mol. The lowest BCUT2D eigenvalue weighted by Crippen LogP contribution is -2.24. The van der Waals surface area contributed by atoms with Gasteiger partial charge in [0, 0.05) is 6.92 Å². The Balaban J connectivity index is 4.40. The van der Waals surface area contributed by atoms with Gasteiger partial charge in [0.1, 0.15) is 0 Å². The summed E-state index contributed by atoms with van der Waals surface area (Å²) in [6.07, 6.45) is 0.657. The third-order valence-electron chi connectivity index (χ3n) is 1.36. The van der Waals surface area contributed by atoms with E-state index in [9.17, 15) is 14.2 Å². The van der Waals surface area contributed by atoms with Gasteiger partial charge in [-0.3, -0.25) is 9.36 Å². The summed E-state index contributed by atoms with van der Waals surface area (Å²) in [7, 11) is -1.65. The summed E-state index contributed by atoms with van der Waals surface area (Å²) in [6.45, 7) is 3.19. The predicted octanol–water partition coefficient (Wildman–Crippen LogP) is 0.950. The number of esters is 2. The minimum atomic E-state index is -2.76. The van der Waals surface area contributed by atoms with Crippen molar-refractivity contribution in [3.8, 4) is 0 Å². The normalized spacial score (nSPS) is 14.1. The van der Waals surface area contributed by atoms with Crippen LogP contribution in [0.15, 0.2) is 0 Å². The minimum absolute atomic E-state index is 0.243. The average molecular weight is 238 g/mol. The van der Waals surface area contributed by atoms with Gasteiger partial charge in [0.2, 0.25) is 8.03 Å². The number of carbonyl (C=O) groups excluding carboxylic acids is 2. The lowest BCUT2D eigenvalue weighted by atomic mass is 10.5. The highest BCUT2D eigenvalue weighted by molar-refractivity contribution is 7.41. The molecule has 0 fully saturated rings. The van der Waals surface area contributed by atoms with Gasteiger partial charge in [0.15, 0.2) is 0 Å². The zero-order valence-electron chi connectivity index (χ0n) is 8.94. The molecule has 0 saturated heterocycles. The Bertz CT molecular complexity index is 252. The summed E-state index contributed by atoms with van der Waals surface area (Å²) in [5, 5.41) is 0.